The maximum absolute atomic E-state index is 6.27. The Morgan fingerprint density at radius 3 is 2.47 bits per heavy atom. The third kappa shape index (κ3) is 4.23. The van der Waals surface area contributed by atoms with E-state index in [1.54, 1.807) is 7.11 Å². The summed E-state index contributed by atoms with van der Waals surface area (Å²) in [6.45, 7) is 8.81. The molecule has 1 fully saturated rings. The highest BCUT2D eigenvalue weighted by Gasteiger charge is 2.35. The molecule has 0 aromatic rings. The Labute approximate surface area is 107 Å². The summed E-state index contributed by atoms with van der Waals surface area (Å²) in [5, 5.41) is 0. The summed E-state index contributed by atoms with van der Waals surface area (Å²) in [6, 6.07) is 0.846. The fourth-order valence-electron chi connectivity index (χ4n) is 2.86. The first-order valence-electron chi connectivity index (χ1n) is 6.81. The number of hydrogen-bond acceptors (Lipinski definition) is 3. The molecule has 1 saturated carbocycles. The Hall–Kier alpha value is -0.120. The summed E-state index contributed by atoms with van der Waals surface area (Å²) in [4.78, 5) is 2.38. The Balaban J connectivity index is 2.57. The van der Waals surface area contributed by atoms with Crippen LogP contribution in [-0.4, -0.2) is 44.3 Å². The van der Waals surface area contributed by atoms with Gasteiger partial charge in [0.2, 0.25) is 0 Å². The van der Waals surface area contributed by atoms with Crippen molar-refractivity contribution in [3.63, 3.8) is 0 Å². The van der Waals surface area contributed by atoms with Crippen LogP contribution in [0.15, 0.2) is 0 Å². The fourth-order valence-corrected chi connectivity index (χ4v) is 2.86. The number of nitrogens with two attached hydrogens (primary N) is 1. The number of nitrogens with zero attached hydrogens (tertiary/aromatic N) is 1. The smallest absolute Gasteiger partial charge is 0.0589 e. The number of ether oxygens (including phenoxy) is 1. The van der Waals surface area contributed by atoms with Crippen LogP contribution in [0.2, 0.25) is 0 Å². The number of methoxy groups -OCH3 is 1. The molecule has 1 aliphatic carbocycles. The number of rotatable bonds is 4. The quantitative estimate of drug-likeness (QED) is 0.820. The van der Waals surface area contributed by atoms with Crippen LogP contribution in [0, 0.1) is 11.3 Å². The Bertz CT molecular complexity index is 225. The van der Waals surface area contributed by atoms with Crippen LogP contribution in [0.25, 0.3) is 0 Å². The molecule has 3 atom stereocenters. The minimum absolute atomic E-state index is 0.329. The summed E-state index contributed by atoms with van der Waals surface area (Å²) in [5.74, 6) is 0.789. The van der Waals surface area contributed by atoms with Crippen LogP contribution in [0.3, 0.4) is 0 Å². The van der Waals surface area contributed by atoms with Gasteiger partial charge in [-0.3, -0.25) is 4.90 Å². The molecule has 17 heavy (non-hydrogen) atoms. The third-order valence-electron chi connectivity index (χ3n) is 4.31. The maximum atomic E-state index is 6.27. The van der Waals surface area contributed by atoms with E-state index in [0.29, 0.717) is 17.5 Å². The predicted molar refractivity (Wildman–Crippen MR) is 73.1 cm³/mol. The Kier molecular flexibility index (Phi) is 5.42. The second-order valence-corrected chi connectivity index (χ2v) is 6.58. The predicted octanol–water partition coefficient (Wildman–Crippen LogP) is 2.11. The summed E-state index contributed by atoms with van der Waals surface area (Å²) < 4.78 is 5.15. The lowest BCUT2D eigenvalue weighted by atomic mass is 9.69. The minimum Gasteiger partial charge on any atom is -0.383 e. The number of likely N-dealkylation sites (N-methyl/N-ethyl adjacent to an activating group) is 1. The van der Waals surface area contributed by atoms with Crippen LogP contribution in [-0.2, 0) is 4.74 Å². The van der Waals surface area contributed by atoms with Crippen molar-refractivity contribution < 1.29 is 4.74 Å². The van der Waals surface area contributed by atoms with E-state index in [1.165, 1.54) is 12.8 Å². The zero-order chi connectivity index (χ0) is 13.1. The molecule has 1 aliphatic rings. The average Bonchev–Trinajstić information content (AvgIpc) is 2.24. The highest BCUT2D eigenvalue weighted by Crippen LogP contribution is 2.38. The molecule has 0 aromatic carbocycles. The Morgan fingerprint density at radius 1 is 1.29 bits per heavy atom. The van der Waals surface area contributed by atoms with Gasteiger partial charge in [-0.1, -0.05) is 20.8 Å². The lowest BCUT2D eigenvalue weighted by Gasteiger charge is -2.44. The highest BCUT2D eigenvalue weighted by atomic mass is 16.5. The average molecular weight is 242 g/mol. The van der Waals surface area contributed by atoms with Gasteiger partial charge in [-0.05, 0) is 37.6 Å². The molecule has 3 heteroatoms. The van der Waals surface area contributed by atoms with Crippen molar-refractivity contribution in [2.24, 2.45) is 17.1 Å². The molecule has 0 spiro atoms. The van der Waals surface area contributed by atoms with Gasteiger partial charge in [0.05, 0.1) is 6.61 Å². The standard InChI is InChI=1S/C14H30N2O/c1-14(2,3)11-6-7-12(15)13(10-11)16(4)8-9-17-5/h11-13H,6-10,15H2,1-5H3. The minimum atomic E-state index is 0.329. The topological polar surface area (TPSA) is 38.5 Å². The molecule has 0 aromatic heterocycles. The number of hydrogen-bond donors (Lipinski definition) is 1. The van der Waals surface area contributed by atoms with Gasteiger partial charge in [0, 0.05) is 25.7 Å². The normalized spacial score (nSPS) is 30.9. The lowest BCUT2D eigenvalue weighted by molar-refractivity contribution is 0.0666. The van der Waals surface area contributed by atoms with Crippen molar-refractivity contribution in [1.29, 1.82) is 0 Å². The Morgan fingerprint density at radius 2 is 1.94 bits per heavy atom. The van der Waals surface area contributed by atoms with E-state index in [0.717, 1.165) is 25.5 Å². The molecular weight excluding hydrogens is 212 g/mol. The van der Waals surface area contributed by atoms with Crippen LogP contribution < -0.4 is 5.73 Å². The maximum Gasteiger partial charge on any atom is 0.0589 e. The molecule has 0 saturated heterocycles. The second kappa shape index (κ2) is 6.17. The largest absolute Gasteiger partial charge is 0.383 e. The van der Waals surface area contributed by atoms with E-state index in [9.17, 15) is 0 Å². The van der Waals surface area contributed by atoms with Gasteiger partial charge in [-0.15, -0.1) is 0 Å². The molecule has 102 valence electrons. The van der Waals surface area contributed by atoms with Crippen molar-refractivity contribution in [2.45, 2.75) is 52.1 Å². The molecule has 3 unspecified atom stereocenters. The van der Waals surface area contributed by atoms with Gasteiger partial charge in [-0.25, -0.2) is 0 Å². The molecule has 0 bridgehead atoms. The van der Waals surface area contributed by atoms with E-state index in [2.05, 4.69) is 32.7 Å². The van der Waals surface area contributed by atoms with Crippen molar-refractivity contribution in [2.75, 3.05) is 27.3 Å². The van der Waals surface area contributed by atoms with E-state index < -0.39 is 0 Å². The summed E-state index contributed by atoms with van der Waals surface area (Å²) in [5.41, 5.74) is 6.68. The lowest BCUT2D eigenvalue weighted by Crippen LogP contribution is -2.52. The van der Waals surface area contributed by atoms with Crippen molar-refractivity contribution in [3.8, 4) is 0 Å². The van der Waals surface area contributed by atoms with Crippen molar-refractivity contribution in [3.05, 3.63) is 0 Å². The van der Waals surface area contributed by atoms with Crippen molar-refractivity contribution in [1.82, 2.24) is 4.90 Å². The van der Waals surface area contributed by atoms with E-state index in [-0.39, 0.29) is 0 Å². The second-order valence-electron chi connectivity index (χ2n) is 6.58. The van der Waals surface area contributed by atoms with Crippen LogP contribution >= 0.6 is 0 Å². The van der Waals surface area contributed by atoms with Crippen molar-refractivity contribution >= 4 is 0 Å². The highest BCUT2D eigenvalue weighted by molar-refractivity contribution is 4.91. The first-order chi connectivity index (χ1) is 7.86. The summed E-state index contributed by atoms with van der Waals surface area (Å²) in [7, 11) is 3.93. The van der Waals surface area contributed by atoms with E-state index in [4.69, 9.17) is 10.5 Å². The van der Waals surface area contributed by atoms with Crippen LogP contribution in [0.1, 0.15) is 40.0 Å². The molecule has 0 radical (unpaired) electrons. The van der Waals surface area contributed by atoms with E-state index >= 15 is 0 Å². The van der Waals surface area contributed by atoms with Gasteiger partial charge >= 0.3 is 0 Å². The summed E-state index contributed by atoms with van der Waals surface area (Å²) in [6.07, 6.45) is 3.66. The van der Waals surface area contributed by atoms with Gasteiger partial charge in [0.25, 0.3) is 0 Å². The molecule has 2 N–H and O–H groups in total. The molecular formula is C14H30N2O. The molecule has 0 amide bonds. The van der Waals surface area contributed by atoms with Gasteiger partial charge < -0.3 is 10.5 Å². The molecule has 0 aliphatic heterocycles. The first-order valence-corrected chi connectivity index (χ1v) is 6.81. The van der Waals surface area contributed by atoms with Gasteiger partial charge in [0.15, 0.2) is 0 Å². The van der Waals surface area contributed by atoms with Gasteiger partial charge in [-0.2, -0.15) is 0 Å². The van der Waals surface area contributed by atoms with Crippen LogP contribution in [0.5, 0.6) is 0 Å². The fraction of sp³-hybridized carbons (Fsp3) is 1.00. The van der Waals surface area contributed by atoms with E-state index in [1.807, 2.05) is 0 Å². The SMILES string of the molecule is COCCN(C)C1CC(C(C)(C)C)CCC1N. The zero-order valence-electron chi connectivity index (χ0n) is 12.2. The molecule has 1 rings (SSSR count). The van der Waals surface area contributed by atoms with Gasteiger partial charge in [0.1, 0.15) is 0 Å². The zero-order valence-corrected chi connectivity index (χ0v) is 12.2. The van der Waals surface area contributed by atoms with Crippen LogP contribution in [0.4, 0.5) is 0 Å². The molecule has 0 heterocycles. The first kappa shape index (κ1) is 14.9. The summed E-state index contributed by atoms with van der Waals surface area (Å²) >= 11 is 0. The third-order valence-corrected chi connectivity index (χ3v) is 4.31. The monoisotopic (exact) mass is 242 g/mol. The molecule has 3 nitrogen and oxygen atoms in total.